The van der Waals surface area contributed by atoms with Crippen molar-refractivity contribution in [3.8, 4) is 0 Å². The fourth-order valence-electron chi connectivity index (χ4n) is 2.72. The van der Waals surface area contributed by atoms with Crippen LogP contribution in [-0.2, 0) is 18.8 Å². The van der Waals surface area contributed by atoms with E-state index < -0.39 is 14.2 Å². The molecule has 1 fully saturated rings. The normalized spacial score (nSPS) is 26.6. The predicted molar refractivity (Wildman–Crippen MR) is 90.1 cm³/mol. The quantitative estimate of drug-likeness (QED) is 0.439. The van der Waals surface area contributed by atoms with Crippen LogP contribution in [0, 0.1) is 11.8 Å². The SMILES string of the molecule is C=CC[C@@H]1[C@H](O[Si](C)(C)C(C)(C)C)CC(=O)C[C@H]1C(=O)OC. The van der Waals surface area contributed by atoms with E-state index in [2.05, 4.69) is 40.4 Å². The van der Waals surface area contributed by atoms with Crippen LogP contribution in [0.4, 0.5) is 0 Å². The molecular weight excluding hydrogens is 296 g/mol. The molecule has 0 spiro atoms. The number of ether oxygens (including phenoxy) is 1. The van der Waals surface area contributed by atoms with E-state index in [0.29, 0.717) is 12.8 Å². The Morgan fingerprint density at radius 2 is 1.95 bits per heavy atom. The lowest BCUT2D eigenvalue weighted by Crippen LogP contribution is -2.50. The Balaban J connectivity index is 3.05. The standard InChI is InChI=1S/C17H30O4Si/c1-8-9-13-14(16(19)20-5)10-12(18)11-15(13)21-22(6,7)17(2,3)4/h8,13-15H,1,9-11H2,2-7H3/t13-,14+,15+/m0/s1. The van der Waals surface area contributed by atoms with E-state index >= 15 is 0 Å². The fourth-order valence-corrected chi connectivity index (χ4v) is 4.09. The highest BCUT2D eigenvalue weighted by Gasteiger charge is 2.46. The minimum atomic E-state index is -2.01. The number of hydrogen-bond acceptors (Lipinski definition) is 4. The lowest BCUT2D eigenvalue weighted by Gasteiger charge is -2.44. The predicted octanol–water partition coefficient (Wildman–Crippen LogP) is 3.72. The first kappa shape index (κ1) is 19.1. The van der Waals surface area contributed by atoms with Crippen molar-refractivity contribution in [1.29, 1.82) is 0 Å². The van der Waals surface area contributed by atoms with Crippen molar-refractivity contribution in [1.82, 2.24) is 0 Å². The van der Waals surface area contributed by atoms with Gasteiger partial charge >= 0.3 is 5.97 Å². The van der Waals surface area contributed by atoms with Crippen LogP contribution in [-0.4, -0.2) is 33.3 Å². The molecule has 4 nitrogen and oxygen atoms in total. The summed E-state index contributed by atoms with van der Waals surface area (Å²) in [5.74, 6) is -0.682. The zero-order chi connectivity index (χ0) is 17.1. The zero-order valence-corrected chi connectivity index (χ0v) is 15.8. The number of rotatable bonds is 5. The van der Waals surface area contributed by atoms with Crippen LogP contribution in [0.15, 0.2) is 12.7 Å². The molecule has 126 valence electrons. The summed E-state index contributed by atoms with van der Waals surface area (Å²) in [6.45, 7) is 14.6. The number of carbonyl (C=O) groups is 2. The lowest BCUT2D eigenvalue weighted by molar-refractivity contribution is -0.154. The number of carbonyl (C=O) groups excluding carboxylic acids is 2. The van der Waals surface area contributed by atoms with E-state index in [1.54, 1.807) is 6.08 Å². The number of esters is 1. The Bertz CT molecular complexity index is 436. The molecule has 0 aromatic rings. The van der Waals surface area contributed by atoms with Gasteiger partial charge in [-0.25, -0.2) is 0 Å². The van der Waals surface area contributed by atoms with Crippen LogP contribution in [0.3, 0.4) is 0 Å². The van der Waals surface area contributed by atoms with Gasteiger partial charge in [-0.15, -0.1) is 6.58 Å². The Hall–Kier alpha value is -0.943. The summed E-state index contributed by atoms with van der Waals surface area (Å²) >= 11 is 0. The summed E-state index contributed by atoms with van der Waals surface area (Å²) < 4.78 is 11.4. The second-order valence-corrected chi connectivity index (χ2v) is 12.4. The third-order valence-electron chi connectivity index (χ3n) is 5.07. The Kier molecular flexibility index (Phi) is 6.16. The molecule has 0 N–H and O–H groups in total. The summed E-state index contributed by atoms with van der Waals surface area (Å²) in [5, 5.41) is 0.0625. The van der Waals surface area contributed by atoms with Gasteiger partial charge in [0.15, 0.2) is 8.32 Å². The molecule has 0 radical (unpaired) electrons. The molecule has 5 heteroatoms. The molecule has 1 aliphatic rings. The number of hydrogen-bond donors (Lipinski definition) is 0. The average molecular weight is 327 g/mol. The van der Waals surface area contributed by atoms with Crippen molar-refractivity contribution in [2.75, 3.05) is 7.11 Å². The van der Waals surface area contributed by atoms with E-state index in [-0.39, 0.29) is 35.2 Å². The molecule has 0 aromatic heterocycles. The van der Waals surface area contributed by atoms with Gasteiger partial charge in [-0.1, -0.05) is 26.8 Å². The highest BCUT2D eigenvalue weighted by molar-refractivity contribution is 6.74. The van der Waals surface area contributed by atoms with Crippen LogP contribution in [0.1, 0.15) is 40.0 Å². The van der Waals surface area contributed by atoms with E-state index in [1.807, 2.05) is 0 Å². The summed E-state index contributed by atoms with van der Waals surface area (Å²) in [7, 11) is -0.635. The van der Waals surface area contributed by atoms with Crippen LogP contribution in [0.25, 0.3) is 0 Å². The average Bonchev–Trinajstić information content (AvgIpc) is 2.38. The molecule has 0 amide bonds. The van der Waals surface area contributed by atoms with Gasteiger partial charge in [0.2, 0.25) is 0 Å². The molecule has 0 aliphatic heterocycles. The second kappa shape index (κ2) is 7.09. The molecule has 0 bridgehead atoms. The molecule has 0 aromatic carbocycles. The van der Waals surface area contributed by atoms with Gasteiger partial charge in [-0.3, -0.25) is 9.59 Å². The van der Waals surface area contributed by atoms with E-state index in [4.69, 9.17) is 9.16 Å². The fraction of sp³-hybridized carbons (Fsp3) is 0.765. The van der Waals surface area contributed by atoms with Gasteiger partial charge in [0.1, 0.15) is 5.78 Å². The summed E-state index contributed by atoms with van der Waals surface area (Å²) in [6.07, 6.45) is 2.88. The molecule has 1 aliphatic carbocycles. The molecule has 0 saturated heterocycles. The van der Waals surface area contributed by atoms with Crippen molar-refractivity contribution in [2.24, 2.45) is 11.8 Å². The van der Waals surface area contributed by atoms with Crippen LogP contribution in [0.5, 0.6) is 0 Å². The largest absolute Gasteiger partial charge is 0.469 e. The second-order valence-electron chi connectivity index (χ2n) is 7.68. The van der Waals surface area contributed by atoms with Crippen molar-refractivity contribution >= 4 is 20.1 Å². The summed E-state index contributed by atoms with van der Waals surface area (Å²) in [4.78, 5) is 24.1. The molecule has 22 heavy (non-hydrogen) atoms. The molecule has 3 atom stereocenters. The number of ketones is 1. The van der Waals surface area contributed by atoms with Crippen LogP contribution < -0.4 is 0 Å². The molecule has 0 unspecified atom stereocenters. The first-order chi connectivity index (χ1) is 10.0. The van der Waals surface area contributed by atoms with Crippen molar-refractivity contribution in [2.45, 2.75) is 64.3 Å². The zero-order valence-electron chi connectivity index (χ0n) is 14.8. The van der Waals surface area contributed by atoms with Crippen molar-refractivity contribution in [3.63, 3.8) is 0 Å². The van der Waals surface area contributed by atoms with Gasteiger partial charge in [-0.2, -0.15) is 0 Å². The summed E-state index contributed by atoms with van der Waals surface area (Å²) in [6, 6.07) is 0. The highest BCUT2D eigenvalue weighted by atomic mass is 28.4. The molecular formula is C17H30O4Si. The maximum absolute atomic E-state index is 12.1. The highest BCUT2D eigenvalue weighted by Crippen LogP contribution is 2.42. The van der Waals surface area contributed by atoms with Crippen molar-refractivity contribution in [3.05, 3.63) is 12.7 Å². The Morgan fingerprint density at radius 3 is 2.41 bits per heavy atom. The minimum absolute atomic E-state index is 0.0308. The molecule has 1 saturated carbocycles. The smallest absolute Gasteiger partial charge is 0.309 e. The summed E-state index contributed by atoms with van der Waals surface area (Å²) in [5.41, 5.74) is 0. The van der Waals surface area contributed by atoms with Gasteiger partial charge in [-0.05, 0) is 24.6 Å². The first-order valence-corrected chi connectivity index (χ1v) is 10.8. The van der Waals surface area contributed by atoms with Gasteiger partial charge in [0.25, 0.3) is 0 Å². The maximum atomic E-state index is 12.1. The lowest BCUT2D eigenvalue weighted by atomic mass is 9.75. The Labute approximate surface area is 135 Å². The first-order valence-electron chi connectivity index (χ1n) is 7.91. The number of methoxy groups -OCH3 is 1. The van der Waals surface area contributed by atoms with Gasteiger partial charge in [0.05, 0.1) is 19.1 Å². The molecule has 1 rings (SSSR count). The third kappa shape index (κ3) is 4.29. The van der Waals surface area contributed by atoms with Gasteiger partial charge < -0.3 is 9.16 Å². The van der Waals surface area contributed by atoms with E-state index in [1.165, 1.54) is 7.11 Å². The minimum Gasteiger partial charge on any atom is -0.469 e. The third-order valence-corrected chi connectivity index (χ3v) is 9.57. The van der Waals surface area contributed by atoms with E-state index in [0.717, 1.165) is 0 Å². The van der Waals surface area contributed by atoms with Crippen LogP contribution in [0.2, 0.25) is 18.1 Å². The topological polar surface area (TPSA) is 52.6 Å². The van der Waals surface area contributed by atoms with E-state index in [9.17, 15) is 9.59 Å². The Morgan fingerprint density at radius 1 is 1.36 bits per heavy atom. The number of allylic oxidation sites excluding steroid dienone is 1. The van der Waals surface area contributed by atoms with Crippen LogP contribution >= 0.6 is 0 Å². The monoisotopic (exact) mass is 326 g/mol. The van der Waals surface area contributed by atoms with Gasteiger partial charge in [0, 0.05) is 18.8 Å². The van der Waals surface area contributed by atoms with Crippen molar-refractivity contribution < 1.29 is 18.8 Å². The number of Topliss-reactive ketones (excluding diaryl/α,β-unsaturated/α-hetero) is 1. The molecule has 0 heterocycles. The maximum Gasteiger partial charge on any atom is 0.309 e.